The van der Waals surface area contributed by atoms with E-state index in [0.717, 1.165) is 25.7 Å². The fourth-order valence-electron chi connectivity index (χ4n) is 1.99. The zero-order chi connectivity index (χ0) is 11.5. The topological polar surface area (TPSA) is 72.2 Å². The Morgan fingerprint density at radius 1 is 1.53 bits per heavy atom. The predicted molar refractivity (Wildman–Crippen MR) is 61.9 cm³/mol. The van der Waals surface area contributed by atoms with E-state index in [1.54, 1.807) is 6.26 Å². The van der Waals surface area contributed by atoms with E-state index in [9.17, 15) is 9.00 Å². The van der Waals surface area contributed by atoms with E-state index < -0.39 is 16.3 Å². The molecule has 2 atom stereocenters. The summed E-state index contributed by atoms with van der Waals surface area (Å²) in [7, 11) is -0.883. The molecule has 0 bridgehead atoms. The normalized spacial score (nSPS) is 23.4. The van der Waals surface area contributed by atoms with Gasteiger partial charge in [0.1, 0.15) is 0 Å². The van der Waals surface area contributed by atoms with E-state index in [1.165, 1.54) is 0 Å². The highest BCUT2D eigenvalue weighted by atomic mass is 32.2. The quantitative estimate of drug-likeness (QED) is 0.724. The number of carbonyl (C=O) groups excluding carboxylic acids is 1. The van der Waals surface area contributed by atoms with Crippen molar-refractivity contribution >= 4 is 16.7 Å². The fourth-order valence-corrected chi connectivity index (χ4v) is 2.78. The highest BCUT2D eigenvalue weighted by Gasteiger charge is 2.37. The van der Waals surface area contributed by atoms with Crippen LogP contribution in [0.25, 0.3) is 0 Å². The van der Waals surface area contributed by atoms with Gasteiger partial charge >= 0.3 is 0 Å². The van der Waals surface area contributed by atoms with E-state index in [1.807, 2.05) is 6.92 Å². The largest absolute Gasteiger partial charge is 0.351 e. The van der Waals surface area contributed by atoms with Crippen LogP contribution in [0, 0.1) is 0 Å². The average molecular weight is 232 g/mol. The van der Waals surface area contributed by atoms with Gasteiger partial charge in [0.2, 0.25) is 5.91 Å². The van der Waals surface area contributed by atoms with Crippen molar-refractivity contribution in [2.45, 2.75) is 44.2 Å². The van der Waals surface area contributed by atoms with Crippen molar-refractivity contribution in [3.8, 4) is 0 Å². The summed E-state index contributed by atoms with van der Waals surface area (Å²) in [5.74, 6) is 0.403. The molecule has 0 heterocycles. The molecule has 5 heteroatoms. The third kappa shape index (κ3) is 3.57. The van der Waals surface area contributed by atoms with Crippen LogP contribution in [0.3, 0.4) is 0 Å². The number of amides is 1. The summed E-state index contributed by atoms with van der Waals surface area (Å²) in [5, 5.41) is 2.84. The molecule has 0 aromatic heterocycles. The highest BCUT2D eigenvalue weighted by Crippen LogP contribution is 2.27. The zero-order valence-corrected chi connectivity index (χ0v) is 10.2. The number of nitrogens with one attached hydrogen (secondary N) is 1. The molecule has 15 heavy (non-hydrogen) atoms. The van der Waals surface area contributed by atoms with Crippen molar-refractivity contribution in [3.63, 3.8) is 0 Å². The van der Waals surface area contributed by atoms with Crippen molar-refractivity contribution in [1.82, 2.24) is 5.32 Å². The lowest BCUT2D eigenvalue weighted by Gasteiger charge is -2.24. The van der Waals surface area contributed by atoms with Crippen molar-refractivity contribution in [1.29, 1.82) is 0 Å². The van der Waals surface area contributed by atoms with Gasteiger partial charge in [-0.25, -0.2) is 0 Å². The molecule has 1 amide bonds. The first kappa shape index (κ1) is 12.6. The molecule has 2 unspecified atom stereocenters. The zero-order valence-electron chi connectivity index (χ0n) is 9.41. The smallest absolute Gasteiger partial charge is 0.240 e. The molecule has 1 aliphatic rings. The Bertz CT molecular complexity index is 262. The Morgan fingerprint density at radius 3 is 2.53 bits per heavy atom. The maximum absolute atomic E-state index is 11.8. The van der Waals surface area contributed by atoms with E-state index >= 15 is 0 Å². The molecule has 88 valence electrons. The van der Waals surface area contributed by atoms with Gasteiger partial charge in [0.15, 0.2) is 0 Å². The summed E-state index contributed by atoms with van der Waals surface area (Å²) in [5.41, 5.74) is 5.32. The first-order chi connectivity index (χ1) is 6.94. The lowest BCUT2D eigenvalue weighted by atomic mass is 9.98. The standard InChI is InChI=1S/C10H20N2O2S/c1-8(7-15(2)14)12-9(13)10(11)5-3-4-6-10/h8H,3-7,11H2,1-2H3,(H,12,13). The minimum Gasteiger partial charge on any atom is -0.351 e. The van der Waals surface area contributed by atoms with E-state index in [0.29, 0.717) is 5.75 Å². The van der Waals surface area contributed by atoms with Gasteiger partial charge in [0, 0.05) is 28.9 Å². The first-order valence-corrected chi connectivity index (χ1v) is 7.06. The van der Waals surface area contributed by atoms with E-state index in [-0.39, 0.29) is 11.9 Å². The lowest BCUT2D eigenvalue weighted by Crippen LogP contribution is -2.54. The van der Waals surface area contributed by atoms with Gasteiger partial charge in [-0.05, 0) is 19.8 Å². The van der Waals surface area contributed by atoms with Crippen LogP contribution in [-0.4, -0.2) is 33.7 Å². The Labute approximate surface area is 93.4 Å². The number of hydrogen-bond donors (Lipinski definition) is 2. The van der Waals surface area contributed by atoms with Crippen LogP contribution in [0.2, 0.25) is 0 Å². The molecule has 0 aliphatic heterocycles. The summed E-state index contributed by atoms with van der Waals surface area (Å²) in [6.07, 6.45) is 5.22. The summed E-state index contributed by atoms with van der Waals surface area (Å²) in [6.45, 7) is 1.86. The molecule has 1 rings (SSSR count). The molecule has 0 spiro atoms. The number of carbonyl (C=O) groups is 1. The van der Waals surface area contributed by atoms with Crippen molar-refractivity contribution in [2.75, 3.05) is 12.0 Å². The predicted octanol–water partition coefficient (Wildman–Crippen LogP) is 0.141. The van der Waals surface area contributed by atoms with Crippen molar-refractivity contribution in [2.24, 2.45) is 5.73 Å². The van der Waals surface area contributed by atoms with E-state index in [2.05, 4.69) is 5.32 Å². The molecular formula is C10H20N2O2S. The number of rotatable bonds is 4. The van der Waals surface area contributed by atoms with Gasteiger partial charge in [-0.15, -0.1) is 0 Å². The Kier molecular flexibility index (Phi) is 4.28. The molecule has 4 nitrogen and oxygen atoms in total. The third-order valence-corrected chi connectivity index (χ3v) is 3.78. The number of nitrogens with two attached hydrogens (primary N) is 1. The SMILES string of the molecule is CC(CS(C)=O)NC(=O)C1(N)CCCC1. The molecule has 3 N–H and O–H groups in total. The first-order valence-electron chi connectivity index (χ1n) is 5.34. The van der Waals surface area contributed by atoms with Crippen LogP contribution in [0.4, 0.5) is 0 Å². The van der Waals surface area contributed by atoms with Crippen LogP contribution in [0.5, 0.6) is 0 Å². The summed E-state index contributed by atoms with van der Waals surface area (Å²) < 4.78 is 11.0. The Hall–Kier alpha value is -0.420. The molecule has 0 saturated heterocycles. The average Bonchev–Trinajstić information content (AvgIpc) is 2.51. The molecule has 0 aromatic rings. The molecule has 0 aromatic carbocycles. The molecule has 1 fully saturated rings. The summed E-state index contributed by atoms with van der Waals surface area (Å²) in [4.78, 5) is 11.8. The monoisotopic (exact) mass is 232 g/mol. The third-order valence-electron chi connectivity index (χ3n) is 2.81. The van der Waals surface area contributed by atoms with Gasteiger partial charge < -0.3 is 11.1 Å². The number of hydrogen-bond acceptors (Lipinski definition) is 3. The maximum atomic E-state index is 11.8. The second kappa shape index (κ2) is 5.07. The van der Waals surface area contributed by atoms with Gasteiger partial charge in [-0.1, -0.05) is 12.8 Å². The molecule has 0 radical (unpaired) electrons. The second-order valence-electron chi connectivity index (χ2n) is 4.48. The van der Waals surface area contributed by atoms with E-state index in [4.69, 9.17) is 5.73 Å². The minimum absolute atomic E-state index is 0.0654. The van der Waals surface area contributed by atoms with Crippen LogP contribution in [-0.2, 0) is 15.6 Å². The van der Waals surface area contributed by atoms with Crippen LogP contribution < -0.4 is 11.1 Å². The van der Waals surface area contributed by atoms with Gasteiger partial charge in [-0.2, -0.15) is 0 Å². The molecule has 1 saturated carbocycles. The van der Waals surface area contributed by atoms with Crippen LogP contribution in [0.15, 0.2) is 0 Å². The van der Waals surface area contributed by atoms with Gasteiger partial charge in [0.25, 0.3) is 0 Å². The van der Waals surface area contributed by atoms with Crippen LogP contribution in [0.1, 0.15) is 32.6 Å². The van der Waals surface area contributed by atoms with Crippen molar-refractivity contribution < 1.29 is 9.00 Å². The molecular weight excluding hydrogens is 212 g/mol. The minimum atomic E-state index is -0.883. The Balaban J connectivity index is 2.44. The van der Waals surface area contributed by atoms with Gasteiger partial charge in [-0.3, -0.25) is 9.00 Å². The van der Waals surface area contributed by atoms with Crippen LogP contribution >= 0.6 is 0 Å². The van der Waals surface area contributed by atoms with Gasteiger partial charge in [0.05, 0.1) is 5.54 Å². The lowest BCUT2D eigenvalue weighted by molar-refractivity contribution is -0.126. The summed E-state index contributed by atoms with van der Waals surface area (Å²) in [6, 6.07) is -0.0654. The molecule has 1 aliphatic carbocycles. The fraction of sp³-hybridized carbons (Fsp3) is 0.900. The van der Waals surface area contributed by atoms with Crippen molar-refractivity contribution in [3.05, 3.63) is 0 Å². The highest BCUT2D eigenvalue weighted by molar-refractivity contribution is 7.84. The second-order valence-corrected chi connectivity index (χ2v) is 5.96. The Morgan fingerprint density at radius 2 is 2.07 bits per heavy atom. The summed E-state index contributed by atoms with van der Waals surface area (Å²) >= 11 is 0. The maximum Gasteiger partial charge on any atom is 0.240 e.